The second-order valence-electron chi connectivity index (χ2n) is 6.34. The lowest BCUT2D eigenvalue weighted by Gasteiger charge is -2.23. The molecule has 1 atom stereocenters. The number of halogens is 2. The molecule has 2 aromatic carbocycles. The molecule has 3 aromatic rings. The molecule has 4 nitrogen and oxygen atoms in total. The van der Waals surface area contributed by atoms with Gasteiger partial charge in [-0.05, 0) is 23.8 Å². The fraction of sp³-hybridized carbons (Fsp3) is 0.200. The summed E-state index contributed by atoms with van der Waals surface area (Å²) in [7, 11) is 0. The van der Waals surface area contributed by atoms with Crippen LogP contribution in [0.15, 0.2) is 48.7 Å². The van der Waals surface area contributed by atoms with E-state index in [1.807, 2.05) is 12.1 Å². The highest BCUT2D eigenvalue weighted by atomic mass is 35.5. The maximum absolute atomic E-state index is 12.4. The van der Waals surface area contributed by atoms with Gasteiger partial charge >= 0.3 is 0 Å². The number of nitrogens with one attached hydrogen (secondary N) is 1. The van der Waals surface area contributed by atoms with E-state index in [2.05, 4.69) is 10.3 Å². The Morgan fingerprint density at radius 2 is 1.85 bits per heavy atom. The summed E-state index contributed by atoms with van der Waals surface area (Å²) in [5.74, 6) is -0.353. The van der Waals surface area contributed by atoms with Gasteiger partial charge in [-0.1, -0.05) is 61.3 Å². The molecular formula is C20H18Cl2N2O2. The Hall–Kier alpha value is -2.30. The molecule has 3 rings (SSSR count). The van der Waals surface area contributed by atoms with E-state index in [0.717, 1.165) is 5.39 Å². The number of rotatable bonds is 4. The molecular weight excluding hydrogens is 371 g/mol. The molecule has 0 radical (unpaired) electrons. The summed E-state index contributed by atoms with van der Waals surface area (Å²) in [4.78, 5) is 16.6. The van der Waals surface area contributed by atoms with E-state index in [0.29, 0.717) is 26.7 Å². The van der Waals surface area contributed by atoms with Crippen molar-refractivity contribution in [3.8, 4) is 5.75 Å². The number of carbonyl (C=O) groups is 1. The van der Waals surface area contributed by atoms with Crippen LogP contribution in [0, 0.1) is 5.92 Å². The predicted molar refractivity (Wildman–Crippen MR) is 105 cm³/mol. The molecule has 0 fully saturated rings. The Morgan fingerprint density at radius 3 is 2.54 bits per heavy atom. The number of pyridine rings is 1. The number of hydrogen-bond donors (Lipinski definition) is 2. The molecule has 1 amide bonds. The highest BCUT2D eigenvalue weighted by Crippen LogP contribution is 2.37. The number of hydrogen-bond acceptors (Lipinski definition) is 3. The van der Waals surface area contributed by atoms with Crippen LogP contribution in [0.25, 0.3) is 10.9 Å². The zero-order valence-corrected chi connectivity index (χ0v) is 15.8. The average Bonchev–Trinajstić information content (AvgIpc) is 2.61. The van der Waals surface area contributed by atoms with Crippen molar-refractivity contribution in [1.29, 1.82) is 0 Å². The quantitative estimate of drug-likeness (QED) is 0.652. The number of aromatic hydroxyl groups is 1. The van der Waals surface area contributed by atoms with Gasteiger partial charge in [0.05, 0.1) is 6.04 Å². The van der Waals surface area contributed by atoms with Crippen molar-refractivity contribution >= 4 is 40.0 Å². The number of amides is 1. The van der Waals surface area contributed by atoms with Crippen molar-refractivity contribution < 1.29 is 9.90 Å². The van der Waals surface area contributed by atoms with Gasteiger partial charge in [-0.2, -0.15) is 0 Å². The first-order chi connectivity index (χ1) is 12.4. The Bertz CT molecular complexity index is 973. The van der Waals surface area contributed by atoms with Gasteiger partial charge in [-0.15, -0.1) is 0 Å². The highest BCUT2D eigenvalue weighted by molar-refractivity contribution is 6.35. The monoisotopic (exact) mass is 388 g/mol. The number of fused-ring (bicyclic) bond motifs is 1. The van der Waals surface area contributed by atoms with Crippen LogP contribution in [-0.2, 0) is 4.79 Å². The van der Waals surface area contributed by atoms with Crippen molar-refractivity contribution in [3.05, 3.63) is 69.8 Å². The standard InChI is InChI=1S/C20H18Cl2N2O2/c1-11(2)20(26)24-18(14-8-6-13(21)10-16(14)22)15-7-5-12-4-3-9-23-17(12)19(15)25/h3-11,18,25H,1-2H3,(H,24,26)/t18-/m0/s1. The van der Waals surface area contributed by atoms with Gasteiger partial charge in [0.15, 0.2) is 0 Å². The number of carbonyl (C=O) groups excluding carboxylic acids is 1. The molecule has 1 aromatic heterocycles. The normalized spacial score (nSPS) is 12.3. The second-order valence-corrected chi connectivity index (χ2v) is 7.18. The molecule has 0 aliphatic carbocycles. The van der Waals surface area contributed by atoms with Gasteiger partial charge in [0, 0.05) is 33.1 Å². The summed E-state index contributed by atoms with van der Waals surface area (Å²) in [6.07, 6.45) is 1.61. The van der Waals surface area contributed by atoms with Crippen molar-refractivity contribution in [1.82, 2.24) is 10.3 Å². The summed E-state index contributed by atoms with van der Waals surface area (Å²) in [5.41, 5.74) is 1.64. The molecule has 0 aliphatic rings. The first-order valence-corrected chi connectivity index (χ1v) is 8.96. The summed E-state index contributed by atoms with van der Waals surface area (Å²) < 4.78 is 0. The van der Waals surface area contributed by atoms with E-state index in [4.69, 9.17) is 23.2 Å². The molecule has 0 saturated heterocycles. The van der Waals surface area contributed by atoms with Crippen LogP contribution in [0.2, 0.25) is 10.0 Å². The Labute approximate surface area is 161 Å². The van der Waals surface area contributed by atoms with E-state index in [1.54, 1.807) is 50.4 Å². The topological polar surface area (TPSA) is 62.2 Å². The van der Waals surface area contributed by atoms with Crippen molar-refractivity contribution in [2.24, 2.45) is 5.92 Å². The fourth-order valence-corrected chi connectivity index (χ4v) is 3.26. The minimum Gasteiger partial charge on any atom is -0.505 e. The first kappa shape index (κ1) is 18.5. The van der Waals surface area contributed by atoms with Crippen LogP contribution >= 0.6 is 23.2 Å². The molecule has 134 valence electrons. The second kappa shape index (κ2) is 7.52. The molecule has 0 aliphatic heterocycles. The largest absolute Gasteiger partial charge is 0.505 e. The highest BCUT2D eigenvalue weighted by Gasteiger charge is 2.24. The molecule has 1 heterocycles. The van der Waals surface area contributed by atoms with Crippen LogP contribution in [0.5, 0.6) is 5.75 Å². The van der Waals surface area contributed by atoms with Gasteiger partial charge < -0.3 is 10.4 Å². The molecule has 6 heteroatoms. The summed E-state index contributed by atoms with van der Waals surface area (Å²) in [5, 5.41) is 15.5. The zero-order valence-electron chi connectivity index (χ0n) is 14.3. The number of phenols is 1. The van der Waals surface area contributed by atoms with Crippen molar-refractivity contribution in [3.63, 3.8) is 0 Å². The Morgan fingerprint density at radius 1 is 1.12 bits per heavy atom. The van der Waals surface area contributed by atoms with Crippen LogP contribution in [-0.4, -0.2) is 16.0 Å². The lowest BCUT2D eigenvalue weighted by atomic mass is 9.95. The first-order valence-electron chi connectivity index (χ1n) is 8.20. The van der Waals surface area contributed by atoms with Crippen molar-refractivity contribution in [2.45, 2.75) is 19.9 Å². The third kappa shape index (κ3) is 3.62. The third-order valence-corrected chi connectivity index (χ3v) is 4.74. The summed E-state index contributed by atoms with van der Waals surface area (Å²) in [6.45, 7) is 3.61. The fourth-order valence-electron chi connectivity index (χ4n) is 2.75. The molecule has 0 spiro atoms. The zero-order chi connectivity index (χ0) is 18.8. The summed E-state index contributed by atoms with van der Waals surface area (Å²) >= 11 is 12.4. The lowest BCUT2D eigenvalue weighted by Crippen LogP contribution is -2.32. The Balaban J connectivity index is 2.17. The van der Waals surface area contributed by atoms with E-state index in [9.17, 15) is 9.90 Å². The van der Waals surface area contributed by atoms with Crippen LogP contribution in [0.1, 0.15) is 31.0 Å². The predicted octanol–water partition coefficient (Wildman–Crippen LogP) is 5.11. The van der Waals surface area contributed by atoms with Gasteiger partial charge in [0.1, 0.15) is 11.3 Å². The van der Waals surface area contributed by atoms with Gasteiger partial charge in [0.2, 0.25) is 5.91 Å². The SMILES string of the molecule is CC(C)C(=O)N[C@@H](c1ccc(Cl)cc1Cl)c1ccc2cccnc2c1O. The van der Waals surface area contributed by atoms with E-state index >= 15 is 0 Å². The van der Waals surface area contributed by atoms with Crippen LogP contribution in [0.4, 0.5) is 0 Å². The van der Waals surface area contributed by atoms with Gasteiger partial charge in [-0.3, -0.25) is 9.78 Å². The smallest absolute Gasteiger partial charge is 0.223 e. The molecule has 26 heavy (non-hydrogen) atoms. The Kier molecular flexibility index (Phi) is 5.35. The lowest BCUT2D eigenvalue weighted by molar-refractivity contribution is -0.124. The molecule has 0 unspecified atom stereocenters. The van der Waals surface area contributed by atoms with E-state index in [-0.39, 0.29) is 17.6 Å². The van der Waals surface area contributed by atoms with Gasteiger partial charge in [0.25, 0.3) is 0 Å². The number of phenolic OH excluding ortho intramolecular Hbond substituents is 1. The number of benzene rings is 2. The van der Waals surface area contributed by atoms with E-state index in [1.165, 1.54) is 0 Å². The molecule has 0 bridgehead atoms. The maximum atomic E-state index is 12.4. The van der Waals surface area contributed by atoms with Crippen molar-refractivity contribution in [2.75, 3.05) is 0 Å². The van der Waals surface area contributed by atoms with Crippen LogP contribution < -0.4 is 5.32 Å². The van der Waals surface area contributed by atoms with Crippen LogP contribution in [0.3, 0.4) is 0 Å². The minimum atomic E-state index is -0.624. The van der Waals surface area contributed by atoms with E-state index < -0.39 is 6.04 Å². The number of nitrogens with zero attached hydrogens (tertiary/aromatic N) is 1. The minimum absolute atomic E-state index is 0.0168. The third-order valence-electron chi connectivity index (χ3n) is 4.17. The molecule has 0 saturated carbocycles. The molecule has 2 N–H and O–H groups in total. The summed E-state index contributed by atoms with van der Waals surface area (Å²) in [6, 6.07) is 11.7. The maximum Gasteiger partial charge on any atom is 0.223 e. The van der Waals surface area contributed by atoms with Gasteiger partial charge in [-0.25, -0.2) is 0 Å². The average molecular weight is 389 g/mol. The number of aromatic nitrogens is 1.